The zero-order valence-electron chi connectivity index (χ0n) is 11.2. The topological polar surface area (TPSA) is 28.2 Å². The molecule has 3 nitrogen and oxygen atoms in total. The van der Waals surface area contributed by atoms with Crippen LogP contribution >= 0.6 is 15.9 Å². The smallest absolute Gasteiger partial charge is 0.166 e. The molecule has 1 aromatic rings. The molecule has 0 aliphatic heterocycles. The van der Waals surface area contributed by atoms with E-state index in [0.717, 1.165) is 25.9 Å². The number of pyridine rings is 1. The van der Waals surface area contributed by atoms with Crippen molar-refractivity contribution in [2.24, 2.45) is 0 Å². The summed E-state index contributed by atoms with van der Waals surface area (Å²) >= 11 is 3.18. The van der Waals surface area contributed by atoms with E-state index in [-0.39, 0.29) is 5.82 Å². The molecule has 0 aromatic carbocycles. The summed E-state index contributed by atoms with van der Waals surface area (Å²) in [6, 6.07) is 1.99. The van der Waals surface area contributed by atoms with E-state index in [1.165, 1.54) is 6.07 Å². The average Bonchev–Trinajstić information content (AvgIpc) is 2.30. The highest BCUT2D eigenvalue weighted by Gasteiger charge is 2.04. The van der Waals surface area contributed by atoms with Gasteiger partial charge in [-0.3, -0.25) is 0 Å². The Labute approximate surface area is 117 Å². The van der Waals surface area contributed by atoms with Crippen LogP contribution in [-0.4, -0.2) is 36.1 Å². The maximum Gasteiger partial charge on any atom is 0.166 e. The summed E-state index contributed by atoms with van der Waals surface area (Å²) in [7, 11) is 2.12. The minimum absolute atomic E-state index is 0.316. The molecule has 0 radical (unpaired) electrons. The van der Waals surface area contributed by atoms with Crippen LogP contribution in [0.2, 0.25) is 0 Å². The van der Waals surface area contributed by atoms with Crippen LogP contribution < -0.4 is 5.32 Å². The van der Waals surface area contributed by atoms with Crippen molar-refractivity contribution in [2.45, 2.75) is 32.7 Å². The molecule has 1 N–H and O–H groups in total. The quantitative estimate of drug-likeness (QED) is 0.780. The fourth-order valence-electron chi connectivity index (χ4n) is 1.50. The Kier molecular flexibility index (Phi) is 6.57. The molecule has 0 fully saturated rings. The van der Waals surface area contributed by atoms with Crippen molar-refractivity contribution in [3.63, 3.8) is 0 Å². The van der Waals surface area contributed by atoms with E-state index in [4.69, 9.17) is 0 Å². The van der Waals surface area contributed by atoms with E-state index in [2.05, 4.69) is 52.0 Å². The molecule has 0 saturated heterocycles. The highest BCUT2D eigenvalue weighted by Crippen LogP contribution is 2.15. The second-order valence-corrected chi connectivity index (χ2v) is 5.61. The van der Waals surface area contributed by atoms with Gasteiger partial charge >= 0.3 is 0 Å². The first-order valence-corrected chi connectivity index (χ1v) is 7.05. The van der Waals surface area contributed by atoms with Crippen molar-refractivity contribution in [3.8, 4) is 0 Å². The standard InChI is InChI=1S/C13H21BrFN3/c1-10(2)18(3)7-5-4-6-16-13-12(15)8-11(14)9-17-13/h8-10H,4-7H2,1-3H3,(H,16,17). The molecule has 0 aliphatic rings. The van der Waals surface area contributed by atoms with Gasteiger partial charge in [0.1, 0.15) is 0 Å². The van der Waals surface area contributed by atoms with E-state index < -0.39 is 0 Å². The predicted molar refractivity (Wildman–Crippen MR) is 77.4 cm³/mol. The van der Waals surface area contributed by atoms with Gasteiger partial charge in [0, 0.05) is 23.3 Å². The minimum Gasteiger partial charge on any atom is -0.368 e. The van der Waals surface area contributed by atoms with Crippen molar-refractivity contribution in [3.05, 3.63) is 22.6 Å². The second kappa shape index (κ2) is 7.69. The van der Waals surface area contributed by atoms with E-state index in [1.807, 2.05) is 0 Å². The molecular weight excluding hydrogens is 297 g/mol. The first-order valence-electron chi connectivity index (χ1n) is 6.26. The van der Waals surface area contributed by atoms with Gasteiger partial charge < -0.3 is 10.2 Å². The predicted octanol–water partition coefficient (Wildman–Crippen LogP) is 3.52. The van der Waals surface area contributed by atoms with Crippen LogP contribution in [0.3, 0.4) is 0 Å². The molecule has 1 aromatic heterocycles. The molecule has 1 rings (SSSR count). The first-order chi connectivity index (χ1) is 8.50. The number of aromatic nitrogens is 1. The molecule has 0 atom stereocenters. The summed E-state index contributed by atoms with van der Waals surface area (Å²) in [6.07, 6.45) is 3.70. The van der Waals surface area contributed by atoms with Gasteiger partial charge in [0.2, 0.25) is 0 Å². The third-order valence-corrected chi connectivity index (χ3v) is 3.35. The summed E-state index contributed by atoms with van der Waals surface area (Å²) < 4.78 is 14.1. The van der Waals surface area contributed by atoms with Crippen LogP contribution in [0.4, 0.5) is 10.2 Å². The Morgan fingerprint density at radius 1 is 1.44 bits per heavy atom. The number of hydrogen-bond donors (Lipinski definition) is 1. The molecule has 18 heavy (non-hydrogen) atoms. The van der Waals surface area contributed by atoms with Crippen LogP contribution in [0, 0.1) is 5.82 Å². The number of unbranched alkanes of at least 4 members (excludes halogenated alkanes) is 1. The highest BCUT2D eigenvalue weighted by molar-refractivity contribution is 9.10. The van der Waals surface area contributed by atoms with E-state index in [0.29, 0.717) is 16.3 Å². The van der Waals surface area contributed by atoms with Crippen molar-refractivity contribution in [1.29, 1.82) is 0 Å². The Balaban J connectivity index is 2.22. The first kappa shape index (κ1) is 15.4. The van der Waals surface area contributed by atoms with Gasteiger partial charge in [0.25, 0.3) is 0 Å². The summed E-state index contributed by atoms with van der Waals surface area (Å²) in [5, 5.41) is 3.02. The largest absolute Gasteiger partial charge is 0.368 e. The number of halogens is 2. The van der Waals surface area contributed by atoms with E-state index in [1.54, 1.807) is 6.20 Å². The lowest BCUT2D eigenvalue weighted by molar-refractivity contribution is 0.269. The minimum atomic E-state index is -0.316. The third kappa shape index (κ3) is 5.31. The molecule has 102 valence electrons. The maximum atomic E-state index is 13.4. The number of hydrogen-bond acceptors (Lipinski definition) is 3. The van der Waals surface area contributed by atoms with Crippen molar-refractivity contribution in [1.82, 2.24) is 9.88 Å². The zero-order valence-corrected chi connectivity index (χ0v) is 12.8. The van der Waals surface area contributed by atoms with Gasteiger partial charge in [-0.2, -0.15) is 0 Å². The van der Waals surface area contributed by atoms with Gasteiger partial charge in [-0.05, 0) is 62.3 Å². The van der Waals surface area contributed by atoms with Gasteiger partial charge in [-0.15, -0.1) is 0 Å². The number of anilines is 1. The Bertz CT molecular complexity index is 371. The van der Waals surface area contributed by atoms with E-state index >= 15 is 0 Å². The Morgan fingerprint density at radius 3 is 2.78 bits per heavy atom. The molecule has 5 heteroatoms. The van der Waals surface area contributed by atoms with Crippen LogP contribution in [0.25, 0.3) is 0 Å². The van der Waals surface area contributed by atoms with Gasteiger partial charge in [-0.25, -0.2) is 9.37 Å². The number of nitrogens with zero attached hydrogens (tertiary/aromatic N) is 2. The molecule has 0 unspecified atom stereocenters. The molecule has 1 heterocycles. The SMILES string of the molecule is CC(C)N(C)CCCCNc1ncc(Br)cc1F. The summed E-state index contributed by atoms with van der Waals surface area (Å²) in [5.41, 5.74) is 0. The zero-order chi connectivity index (χ0) is 13.5. The lowest BCUT2D eigenvalue weighted by atomic mass is 10.2. The van der Waals surface area contributed by atoms with Crippen molar-refractivity contribution in [2.75, 3.05) is 25.5 Å². The summed E-state index contributed by atoms with van der Waals surface area (Å²) in [5.74, 6) is 0.0130. The van der Waals surface area contributed by atoms with Crippen molar-refractivity contribution < 1.29 is 4.39 Å². The van der Waals surface area contributed by atoms with Gasteiger partial charge in [0.15, 0.2) is 11.6 Å². The highest BCUT2D eigenvalue weighted by atomic mass is 79.9. The number of rotatable bonds is 7. The normalized spacial score (nSPS) is 11.3. The molecule has 0 bridgehead atoms. The Hall–Kier alpha value is -0.680. The van der Waals surface area contributed by atoms with Gasteiger partial charge in [0.05, 0.1) is 0 Å². The second-order valence-electron chi connectivity index (χ2n) is 4.69. The molecular formula is C13H21BrFN3. The third-order valence-electron chi connectivity index (χ3n) is 2.92. The monoisotopic (exact) mass is 317 g/mol. The van der Waals surface area contributed by atoms with Crippen LogP contribution in [-0.2, 0) is 0 Å². The molecule has 0 aliphatic carbocycles. The number of nitrogens with one attached hydrogen (secondary N) is 1. The fraction of sp³-hybridized carbons (Fsp3) is 0.615. The Morgan fingerprint density at radius 2 is 2.17 bits per heavy atom. The summed E-state index contributed by atoms with van der Waals surface area (Å²) in [4.78, 5) is 6.30. The molecule has 0 spiro atoms. The lowest BCUT2D eigenvalue weighted by Gasteiger charge is -2.20. The summed E-state index contributed by atoms with van der Waals surface area (Å²) in [6.45, 7) is 6.17. The molecule has 0 amide bonds. The fourth-order valence-corrected chi connectivity index (χ4v) is 1.80. The van der Waals surface area contributed by atoms with Crippen molar-refractivity contribution >= 4 is 21.7 Å². The van der Waals surface area contributed by atoms with Crippen LogP contribution in [0.15, 0.2) is 16.7 Å². The average molecular weight is 318 g/mol. The van der Waals surface area contributed by atoms with E-state index in [9.17, 15) is 4.39 Å². The maximum absolute atomic E-state index is 13.4. The van der Waals surface area contributed by atoms with Gasteiger partial charge in [-0.1, -0.05) is 0 Å². The van der Waals surface area contributed by atoms with Crippen LogP contribution in [0.5, 0.6) is 0 Å². The van der Waals surface area contributed by atoms with Crippen LogP contribution in [0.1, 0.15) is 26.7 Å². The lowest BCUT2D eigenvalue weighted by Crippen LogP contribution is -2.27. The molecule has 0 saturated carbocycles.